The molecule has 0 N–H and O–H groups in total. The summed E-state index contributed by atoms with van der Waals surface area (Å²) in [6.45, 7) is 6.44. The van der Waals surface area contributed by atoms with Crippen LogP contribution in [0.1, 0.15) is 20.3 Å². The molecule has 6 nitrogen and oxygen atoms in total. The van der Waals surface area contributed by atoms with Gasteiger partial charge in [-0.3, -0.25) is 13.9 Å². The van der Waals surface area contributed by atoms with Crippen molar-refractivity contribution in [2.45, 2.75) is 39.5 Å². The van der Waals surface area contributed by atoms with Gasteiger partial charge in [0.25, 0.3) is 0 Å². The Balaban J connectivity index is 1.88. The summed E-state index contributed by atoms with van der Waals surface area (Å²) in [6.07, 6.45) is 0.986. The lowest BCUT2D eigenvalue weighted by Gasteiger charge is -2.32. The van der Waals surface area contributed by atoms with E-state index in [9.17, 15) is 9.59 Å². The van der Waals surface area contributed by atoms with Crippen LogP contribution in [0.4, 0.5) is 0 Å². The zero-order valence-electron chi connectivity index (χ0n) is 13.7. The summed E-state index contributed by atoms with van der Waals surface area (Å²) >= 11 is 0. The van der Waals surface area contributed by atoms with E-state index in [0.717, 1.165) is 17.5 Å². The highest BCUT2D eigenvalue weighted by atomic mass is 16.5. The van der Waals surface area contributed by atoms with Crippen LogP contribution < -0.4 is 5.69 Å². The van der Waals surface area contributed by atoms with E-state index in [4.69, 9.17) is 4.74 Å². The van der Waals surface area contributed by atoms with Crippen LogP contribution in [0, 0.1) is 0 Å². The molecule has 1 atom stereocenters. The van der Waals surface area contributed by atoms with Crippen molar-refractivity contribution in [2.24, 2.45) is 0 Å². The smallest absolute Gasteiger partial charge is 0.329 e. The molecule has 0 unspecified atom stereocenters. The maximum Gasteiger partial charge on any atom is 0.329 e. The minimum atomic E-state index is -0.123. The molecule has 1 amide bonds. The molecule has 0 saturated carbocycles. The van der Waals surface area contributed by atoms with Gasteiger partial charge < -0.3 is 9.64 Å². The number of morpholine rings is 1. The molecule has 0 bridgehead atoms. The van der Waals surface area contributed by atoms with Crippen molar-refractivity contribution in [3.8, 4) is 0 Å². The Hall–Kier alpha value is -2.08. The quantitative estimate of drug-likeness (QED) is 0.858. The number of hydrogen-bond acceptors (Lipinski definition) is 3. The van der Waals surface area contributed by atoms with E-state index in [2.05, 4.69) is 6.92 Å². The van der Waals surface area contributed by atoms with Crippen LogP contribution in [-0.2, 0) is 22.6 Å². The number of aryl methyl sites for hydroxylation is 1. The molecule has 1 aliphatic rings. The number of ether oxygens (including phenoxy) is 1. The summed E-state index contributed by atoms with van der Waals surface area (Å²) in [5, 5.41) is 0. The average Bonchev–Trinajstić information content (AvgIpc) is 2.86. The number of carbonyl (C=O) groups excluding carboxylic acids is 1. The van der Waals surface area contributed by atoms with Gasteiger partial charge >= 0.3 is 5.69 Å². The molecule has 1 aromatic carbocycles. The Morgan fingerprint density at radius 1 is 1.22 bits per heavy atom. The second-order valence-electron chi connectivity index (χ2n) is 5.84. The first-order valence-electron chi connectivity index (χ1n) is 8.23. The van der Waals surface area contributed by atoms with Crippen LogP contribution in [0.3, 0.4) is 0 Å². The number of rotatable bonds is 4. The van der Waals surface area contributed by atoms with Gasteiger partial charge in [0.1, 0.15) is 6.54 Å². The van der Waals surface area contributed by atoms with Gasteiger partial charge in [-0.25, -0.2) is 4.79 Å². The van der Waals surface area contributed by atoms with E-state index in [0.29, 0.717) is 26.2 Å². The van der Waals surface area contributed by atoms with Gasteiger partial charge in [0, 0.05) is 19.6 Å². The Morgan fingerprint density at radius 3 is 2.57 bits per heavy atom. The number of amides is 1. The minimum Gasteiger partial charge on any atom is -0.375 e. The number of nitrogens with zero attached hydrogens (tertiary/aromatic N) is 3. The fourth-order valence-electron chi connectivity index (χ4n) is 3.16. The average molecular weight is 317 g/mol. The fourth-order valence-corrected chi connectivity index (χ4v) is 3.16. The number of hydrogen-bond donors (Lipinski definition) is 0. The van der Waals surface area contributed by atoms with E-state index in [1.807, 2.05) is 36.1 Å². The van der Waals surface area contributed by atoms with Gasteiger partial charge in [-0.05, 0) is 25.5 Å². The summed E-state index contributed by atoms with van der Waals surface area (Å²) in [6, 6.07) is 7.62. The molecule has 1 saturated heterocycles. The number of fused-ring (bicyclic) bond motifs is 1. The third-order valence-corrected chi connectivity index (χ3v) is 4.48. The van der Waals surface area contributed by atoms with E-state index in [1.165, 1.54) is 0 Å². The molecule has 2 aromatic rings. The number of imidazole rings is 1. The predicted molar refractivity (Wildman–Crippen MR) is 88.5 cm³/mol. The largest absolute Gasteiger partial charge is 0.375 e. The van der Waals surface area contributed by atoms with Gasteiger partial charge in [0.15, 0.2) is 0 Å². The van der Waals surface area contributed by atoms with Gasteiger partial charge in [-0.15, -0.1) is 0 Å². The van der Waals surface area contributed by atoms with E-state index in [-0.39, 0.29) is 24.2 Å². The maximum atomic E-state index is 12.6. The molecule has 6 heteroatoms. The van der Waals surface area contributed by atoms with Crippen molar-refractivity contribution in [2.75, 3.05) is 19.7 Å². The number of benzene rings is 1. The fraction of sp³-hybridized carbons (Fsp3) is 0.529. The van der Waals surface area contributed by atoms with Gasteiger partial charge in [0.2, 0.25) is 5.91 Å². The molecule has 3 rings (SSSR count). The number of para-hydroxylation sites is 2. The lowest BCUT2D eigenvalue weighted by molar-refractivity contribution is -0.139. The lowest BCUT2D eigenvalue weighted by atomic mass is 10.2. The highest BCUT2D eigenvalue weighted by Crippen LogP contribution is 2.14. The van der Waals surface area contributed by atoms with Crippen molar-refractivity contribution in [3.05, 3.63) is 34.7 Å². The number of carbonyl (C=O) groups is 1. The Bertz CT molecular complexity index is 762. The van der Waals surface area contributed by atoms with Crippen LogP contribution in [0.5, 0.6) is 0 Å². The Morgan fingerprint density at radius 2 is 1.91 bits per heavy atom. The van der Waals surface area contributed by atoms with Crippen LogP contribution in [0.25, 0.3) is 11.0 Å². The lowest BCUT2D eigenvalue weighted by Crippen LogP contribution is -2.47. The SMILES string of the molecule is CC[C@H]1CN(C(=O)Cn2c(=O)n(CC)c3ccccc32)CCO1. The van der Waals surface area contributed by atoms with Crippen LogP contribution in [-0.4, -0.2) is 45.7 Å². The zero-order valence-corrected chi connectivity index (χ0v) is 13.7. The normalized spacial score (nSPS) is 18.5. The first-order valence-corrected chi connectivity index (χ1v) is 8.23. The molecule has 0 spiro atoms. The molecule has 1 aliphatic heterocycles. The standard InChI is InChI=1S/C17H23N3O3/c1-3-13-11-18(9-10-23-13)16(21)12-20-15-8-6-5-7-14(15)19(4-2)17(20)22/h5-8,13H,3-4,9-12H2,1-2H3/t13-/m0/s1. The van der Waals surface area contributed by atoms with E-state index >= 15 is 0 Å². The second kappa shape index (κ2) is 6.58. The third-order valence-electron chi connectivity index (χ3n) is 4.48. The van der Waals surface area contributed by atoms with Gasteiger partial charge in [0.05, 0.1) is 23.7 Å². The highest BCUT2D eigenvalue weighted by Gasteiger charge is 2.24. The maximum absolute atomic E-state index is 12.6. The van der Waals surface area contributed by atoms with Crippen LogP contribution in [0.2, 0.25) is 0 Å². The number of aromatic nitrogens is 2. The van der Waals surface area contributed by atoms with Crippen LogP contribution in [0.15, 0.2) is 29.1 Å². The summed E-state index contributed by atoms with van der Waals surface area (Å²) < 4.78 is 8.89. The topological polar surface area (TPSA) is 56.5 Å². The molecule has 2 heterocycles. The Kier molecular flexibility index (Phi) is 4.52. The summed E-state index contributed by atoms with van der Waals surface area (Å²) in [4.78, 5) is 27.0. The minimum absolute atomic E-state index is 0.0205. The molecular formula is C17H23N3O3. The molecular weight excluding hydrogens is 294 g/mol. The molecule has 124 valence electrons. The highest BCUT2D eigenvalue weighted by molar-refractivity contribution is 5.81. The summed E-state index contributed by atoms with van der Waals surface area (Å²) in [5.41, 5.74) is 1.57. The molecule has 1 aromatic heterocycles. The molecule has 23 heavy (non-hydrogen) atoms. The Labute approximate surface area is 135 Å². The molecule has 0 radical (unpaired) electrons. The van der Waals surface area contributed by atoms with Crippen molar-refractivity contribution in [1.29, 1.82) is 0 Å². The van der Waals surface area contributed by atoms with Crippen molar-refractivity contribution < 1.29 is 9.53 Å². The monoisotopic (exact) mass is 317 g/mol. The van der Waals surface area contributed by atoms with Gasteiger partial charge in [-0.1, -0.05) is 19.1 Å². The van der Waals surface area contributed by atoms with Crippen molar-refractivity contribution in [3.63, 3.8) is 0 Å². The predicted octanol–water partition coefficient (Wildman–Crippen LogP) is 1.46. The molecule has 0 aliphatic carbocycles. The van der Waals surface area contributed by atoms with Crippen LogP contribution >= 0.6 is 0 Å². The van der Waals surface area contributed by atoms with E-state index < -0.39 is 0 Å². The van der Waals surface area contributed by atoms with Crippen molar-refractivity contribution >= 4 is 16.9 Å². The van der Waals surface area contributed by atoms with Gasteiger partial charge in [-0.2, -0.15) is 0 Å². The first-order chi connectivity index (χ1) is 11.2. The summed E-state index contributed by atoms with van der Waals surface area (Å²) in [5.74, 6) is -0.0205. The second-order valence-corrected chi connectivity index (χ2v) is 5.84. The summed E-state index contributed by atoms with van der Waals surface area (Å²) in [7, 11) is 0. The van der Waals surface area contributed by atoms with Crippen molar-refractivity contribution in [1.82, 2.24) is 14.0 Å². The molecule has 1 fully saturated rings. The third kappa shape index (κ3) is 2.91. The zero-order chi connectivity index (χ0) is 16.4. The first kappa shape index (κ1) is 15.8. The van der Waals surface area contributed by atoms with E-state index in [1.54, 1.807) is 9.13 Å².